The van der Waals surface area contributed by atoms with Crippen molar-refractivity contribution in [3.63, 3.8) is 0 Å². The van der Waals surface area contributed by atoms with Gasteiger partial charge in [-0.25, -0.2) is 8.78 Å². The fraction of sp³-hybridized carbons (Fsp3) is 0.294. The molecule has 0 bridgehead atoms. The molecule has 21 heavy (non-hydrogen) atoms. The molecule has 2 rings (SSSR count). The Kier molecular flexibility index (Phi) is 6.11. The quantitative estimate of drug-likeness (QED) is 0.683. The van der Waals surface area contributed by atoms with Crippen molar-refractivity contribution in [3.8, 4) is 0 Å². The molecule has 0 radical (unpaired) electrons. The second kappa shape index (κ2) is 7.84. The molecule has 0 aliphatic heterocycles. The van der Waals surface area contributed by atoms with Gasteiger partial charge in [-0.1, -0.05) is 31.2 Å². The molecule has 0 amide bonds. The first kappa shape index (κ1) is 16.4. The van der Waals surface area contributed by atoms with E-state index in [0.29, 0.717) is 12.0 Å². The molecule has 1 nitrogen and oxygen atoms in total. The van der Waals surface area contributed by atoms with Crippen LogP contribution < -0.4 is 5.32 Å². The molecule has 4 heteroatoms. The van der Waals surface area contributed by atoms with E-state index in [4.69, 9.17) is 0 Å². The van der Waals surface area contributed by atoms with Gasteiger partial charge in [-0.15, -0.1) is 0 Å². The van der Waals surface area contributed by atoms with Gasteiger partial charge in [-0.05, 0) is 71.3 Å². The van der Waals surface area contributed by atoms with E-state index < -0.39 is 0 Å². The van der Waals surface area contributed by atoms with Crippen molar-refractivity contribution in [1.82, 2.24) is 5.32 Å². The Morgan fingerprint density at radius 3 is 2.57 bits per heavy atom. The van der Waals surface area contributed by atoms with Crippen LogP contribution in [0.1, 0.15) is 30.5 Å². The van der Waals surface area contributed by atoms with Crippen molar-refractivity contribution in [2.24, 2.45) is 0 Å². The van der Waals surface area contributed by atoms with Crippen LogP contribution in [0.5, 0.6) is 0 Å². The third-order valence-electron chi connectivity index (χ3n) is 3.36. The molecule has 0 heterocycles. The summed E-state index contributed by atoms with van der Waals surface area (Å²) in [7, 11) is 0. The predicted molar refractivity (Wildman–Crippen MR) is 90.3 cm³/mol. The summed E-state index contributed by atoms with van der Waals surface area (Å²) in [6.07, 6.45) is 1.54. The molecule has 0 fully saturated rings. The molecule has 1 atom stereocenters. The van der Waals surface area contributed by atoms with E-state index in [1.165, 1.54) is 18.2 Å². The lowest BCUT2D eigenvalue weighted by Crippen LogP contribution is -2.25. The molecule has 112 valence electrons. The van der Waals surface area contributed by atoms with E-state index in [1.54, 1.807) is 18.2 Å². The number of hydrogen-bond donors (Lipinski definition) is 1. The van der Waals surface area contributed by atoms with Gasteiger partial charge < -0.3 is 5.32 Å². The largest absolute Gasteiger partial charge is 0.310 e. The molecule has 0 saturated heterocycles. The third kappa shape index (κ3) is 4.48. The second-order valence-corrected chi connectivity index (χ2v) is 6.13. The molecule has 0 aliphatic carbocycles. The number of rotatable bonds is 6. The molecule has 2 aromatic rings. The average molecular weight is 401 g/mol. The fourth-order valence-electron chi connectivity index (χ4n) is 2.28. The Bertz CT molecular complexity index is 601. The number of nitrogens with one attached hydrogen (secondary N) is 1. The summed E-state index contributed by atoms with van der Waals surface area (Å²) in [5.74, 6) is -0.443. The van der Waals surface area contributed by atoms with Crippen LogP contribution in [0.2, 0.25) is 0 Å². The minimum Gasteiger partial charge on any atom is -0.310 e. The zero-order chi connectivity index (χ0) is 15.2. The van der Waals surface area contributed by atoms with E-state index in [9.17, 15) is 8.78 Å². The summed E-state index contributed by atoms with van der Waals surface area (Å²) in [6.45, 7) is 2.93. The van der Waals surface area contributed by atoms with Crippen LogP contribution in [0.25, 0.3) is 0 Å². The fourth-order valence-corrected chi connectivity index (χ4v) is 3.13. The van der Waals surface area contributed by atoms with Crippen LogP contribution in [0, 0.1) is 15.2 Å². The van der Waals surface area contributed by atoms with Crippen molar-refractivity contribution in [1.29, 1.82) is 0 Å². The van der Waals surface area contributed by atoms with Gasteiger partial charge in [0.05, 0.1) is 0 Å². The van der Waals surface area contributed by atoms with Gasteiger partial charge in [0.1, 0.15) is 11.6 Å². The van der Waals surface area contributed by atoms with E-state index in [-0.39, 0.29) is 17.7 Å². The first-order valence-corrected chi connectivity index (χ1v) is 8.11. The predicted octanol–water partition coefficient (Wildman–Crippen LogP) is 4.85. The Hall–Kier alpha value is -1.01. The molecule has 0 spiro atoms. The summed E-state index contributed by atoms with van der Waals surface area (Å²) >= 11 is 2.13. The Morgan fingerprint density at radius 2 is 1.90 bits per heavy atom. The molecule has 0 aromatic heterocycles. The lowest BCUT2D eigenvalue weighted by Gasteiger charge is -2.21. The van der Waals surface area contributed by atoms with Gasteiger partial charge in [0, 0.05) is 9.61 Å². The van der Waals surface area contributed by atoms with Gasteiger partial charge in [-0.3, -0.25) is 0 Å². The molecular weight excluding hydrogens is 383 g/mol. The van der Waals surface area contributed by atoms with Crippen LogP contribution in [-0.2, 0) is 6.42 Å². The maximum absolute atomic E-state index is 13.9. The van der Waals surface area contributed by atoms with Crippen LogP contribution in [0.15, 0.2) is 42.5 Å². The highest BCUT2D eigenvalue weighted by atomic mass is 127. The number of halogens is 3. The molecular formula is C17H18F2IN. The first-order valence-electron chi connectivity index (χ1n) is 7.03. The zero-order valence-corrected chi connectivity index (χ0v) is 14.0. The molecule has 0 saturated carbocycles. The Morgan fingerprint density at radius 1 is 1.14 bits per heavy atom. The molecule has 0 aliphatic rings. The molecule has 2 aromatic carbocycles. The lowest BCUT2D eigenvalue weighted by molar-refractivity contribution is 0.510. The highest BCUT2D eigenvalue weighted by Gasteiger charge is 2.16. The standard InChI is InChI=1S/C17H18F2IN/c1-2-9-21-17(10-12-5-3-4-6-15(12)19)14-8-7-13(18)11-16(14)20/h3-8,11,17,21H,2,9-10H2,1H3. The molecule has 1 N–H and O–H groups in total. The number of hydrogen-bond acceptors (Lipinski definition) is 1. The summed E-state index contributed by atoms with van der Waals surface area (Å²) in [5.41, 5.74) is 1.68. The topological polar surface area (TPSA) is 12.0 Å². The highest BCUT2D eigenvalue weighted by molar-refractivity contribution is 14.1. The minimum absolute atomic E-state index is 0.0191. The second-order valence-electron chi connectivity index (χ2n) is 4.97. The van der Waals surface area contributed by atoms with E-state index >= 15 is 0 Å². The summed E-state index contributed by atoms with van der Waals surface area (Å²) < 4.78 is 28.0. The van der Waals surface area contributed by atoms with Crippen molar-refractivity contribution < 1.29 is 8.78 Å². The highest BCUT2D eigenvalue weighted by Crippen LogP contribution is 2.25. The van der Waals surface area contributed by atoms with Gasteiger partial charge in [0.2, 0.25) is 0 Å². The van der Waals surface area contributed by atoms with Gasteiger partial charge in [0.25, 0.3) is 0 Å². The Balaban J connectivity index is 2.27. The van der Waals surface area contributed by atoms with Crippen molar-refractivity contribution >= 4 is 22.6 Å². The average Bonchev–Trinajstić information content (AvgIpc) is 2.46. The van der Waals surface area contributed by atoms with Crippen LogP contribution >= 0.6 is 22.6 Å². The summed E-state index contributed by atoms with van der Waals surface area (Å²) in [6, 6.07) is 11.5. The SMILES string of the molecule is CCCNC(Cc1ccccc1F)c1ccc(F)cc1I. The zero-order valence-electron chi connectivity index (χ0n) is 11.9. The Labute approximate surface area is 137 Å². The maximum Gasteiger partial charge on any atom is 0.126 e. The first-order chi connectivity index (χ1) is 10.1. The van der Waals surface area contributed by atoms with E-state index in [1.807, 2.05) is 6.07 Å². The molecule has 1 unspecified atom stereocenters. The monoisotopic (exact) mass is 401 g/mol. The maximum atomic E-state index is 13.9. The smallest absolute Gasteiger partial charge is 0.126 e. The van der Waals surface area contributed by atoms with Crippen LogP contribution in [0.4, 0.5) is 8.78 Å². The van der Waals surface area contributed by atoms with Crippen LogP contribution in [0.3, 0.4) is 0 Å². The van der Waals surface area contributed by atoms with Crippen LogP contribution in [-0.4, -0.2) is 6.54 Å². The van der Waals surface area contributed by atoms with Gasteiger partial charge in [-0.2, -0.15) is 0 Å². The van der Waals surface area contributed by atoms with E-state index in [2.05, 4.69) is 34.8 Å². The summed E-state index contributed by atoms with van der Waals surface area (Å²) in [4.78, 5) is 0. The number of benzene rings is 2. The van der Waals surface area contributed by atoms with Gasteiger partial charge in [0.15, 0.2) is 0 Å². The minimum atomic E-state index is -0.247. The van der Waals surface area contributed by atoms with E-state index in [0.717, 1.165) is 22.1 Å². The van der Waals surface area contributed by atoms with Crippen molar-refractivity contribution in [3.05, 3.63) is 68.8 Å². The van der Waals surface area contributed by atoms with Gasteiger partial charge >= 0.3 is 0 Å². The normalized spacial score (nSPS) is 12.4. The lowest BCUT2D eigenvalue weighted by atomic mass is 9.98. The van der Waals surface area contributed by atoms with Crippen molar-refractivity contribution in [2.75, 3.05) is 6.54 Å². The van der Waals surface area contributed by atoms with Crippen molar-refractivity contribution in [2.45, 2.75) is 25.8 Å². The summed E-state index contributed by atoms with van der Waals surface area (Å²) in [5, 5.41) is 3.43. The third-order valence-corrected chi connectivity index (χ3v) is 4.29.